The van der Waals surface area contributed by atoms with E-state index in [4.69, 9.17) is 26.6 Å². The summed E-state index contributed by atoms with van der Waals surface area (Å²) in [6, 6.07) is 14.5. The molecule has 0 aliphatic heterocycles. The number of hydrogen-bond donors (Lipinski definition) is 1. The number of benzene rings is 2. The summed E-state index contributed by atoms with van der Waals surface area (Å²) in [6.45, 7) is 0.226. The lowest BCUT2D eigenvalue weighted by molar-refractivity contribution is 0.287. The van der Waals surface area contributed by atoms with E-state index in [-0.39, 0.29) is 6.61 Å². The maximum Gasteiger partial charge on any atom is 0.258 e. The lowest BCUT2D eigenvalue weighted by atomic mass is 10.2. The maximum absolute atomic E-state index is 5.95. The number of hydrogen-bond acceptors (Lipinski definition) is 5. The molecule has 2 N–H and O–H groups in total. The molecular weight excluding hydrogens is 290 g/mol. The Morgan fingerprint density at radius 1 is 1.14 bits per heavy atom. The third kappa shape index (κ3) is 3.32. The SMILES string of the molecule is Nc1cc(Cl)cc(-c2nc(COc3ccccc3)no2)c1. The Balaban J connectivity index is 1.74. The molecule has 0 amide bonds. The summed E-state index contributed by atoms with van der Waals surface area (Å²) in [5.41, 5.74) is 6.96. The van der Waals surface area contributed by atoms with Gasteiger partial charge in [0.2, 0.25) is 5.82 Å². The number of rotatable bonds is 4. The van der Waals surface area contributed by atoms with Gasteiger partial charge in [0.25, 0.3) is 5.89 Å². The van der Waals surface area contributed by atoms with Gasteiger partial charge >= 0.3 is 0 Å². The Labute approximate surface area is 126 Å². The van der Waals surface area contributed by atoms with Crippen molar-refractivity contribution in [2.45, 2.75) is 6.61 Å². The van der Waals surface area contributed by atoms with Crippen LogP contribution in [0.4, 0.5) is 5.69 Å². The smallest absolute Gasteiger partial charge is 0.258 e. The molecule has 0 bridgehead atoms. The summed E-state index contributed by atoms with van der Waals surface area (Å²) in [4.78, 5) is 4.26. The first-order chi connectivity index (χ1) is 10.2. The Morgan fingerprint density at radius 2 is 1.95 bits per heavy atom. The summed E-state index contributed by atoms with van der Waals surface area (Å²) in [6.07, 6.45) is 0. The second-order valence-corrected chi connectivity index (χ2v) is 4.83. The van der Waals surface area contributed by atoms with E-state index < -0.39 is 0 Å². The van der Waals surface area contributed by atoms with E-state index in [9.17, 15) is 0 Å². The molecule has 21 heavy (non-hydrogen) atoms. The number of para-hydroxylation sites is 1. The number of aromatic nitrogens is 2. The predicted molar refractivity (Wildman–Crippen MR) is 79.9 cm³/mol. The minimum Gasteiger partial charge on any atom is -0.485 e. The zero-order valence-corrected chi connectivity index (χ0v) is 11.7. The van der Waals surface area contributed by atoms with Crippen LogP contribution in [0.15, 0.2) is 53.1 Å². The average Bonchev–Trinajstić information content (AvgIpc) is 2.94. The fraction of sp³-hybridized carbons (Fsp3) is 0.0667. The van der Waals surface area contributed by atoms with Gasteiger partial charge in [-0.15, -0.1) is 0 Å². The number of nitrogens with two attached hydrogens (primary N) is 1. The van der Waals surface area contributed by atoms with Crippen LogP contribution in [-0.2, 0) is 6.61 Å². The highest BCUT2D eigenvalue weighted by Crippen LogP contribution is 2.24. The van der Waals surface area contributed by atoms with E-state index in [1.807, 2.05) is 30.3 Å². The van der Waals surface area contributed by atoms with Crippen molar-refractivity contribution in [2.24, 2.45) is 0 Å². The summed E-state index contributed by atoms with van der Waals surface area (Å²) in [5, 5.41) is 4.39. The highest BCUT2D eigenvalue weighted by atomic mass is 35.5. The first kappa shape index (κ1) is 13.5. The fourth-order valence-corrected chi connectivity index (χ4v) is 2.07. The van der Waals surface area contributed by atoms with E-state index in [1.165, 1.54) is 0 Å². The van der Waals surface area contributed by atoms with Gasteiger partial charge in [-0.1, -0.05) is 35.0 Å². The van der Waals surface area contributed by atoms with Crippen LogP contribution >= 0.6 is 11.6 Å². The molecule has 0 saturated carbocycles. The highest BCUT2D eigenvalue weighted by molar-refractivity contribution is 6.31. The normalized spacial score (nSPS) is 10.5. The molecule has 1 heterocycles. The van der Waals surface area contributed by atoms with E-state index in [2.05, 4.69) is 10.1 Å². The van der Waals surface area contributed by atoms with Gasteiger partial charge in [-0.3, -0.25) is 0 Å². The van der Waals surface area contributed by atoms with Crippen LogP contribution < -0.4 is 10.5 Å². The number of ether oxygens (including phenoxy) is 1. The molecule has 0 spiro atoms. The van der Waals surface area contributed by atoms with Gasteiger partial charge < -0.3 is 15.0 Å². The van der Waals surface area contributed by atoms with Gasteiger partial charge in [0.05, 0.1) is 0 Å². The standard InChI is InChI=1S/C15H12ClN3O2/c16-11-6-10(7-12(17)8-11)15-18-14(19-21-15)9-20-13-4-2-1-3-5-13/h1-8H,9,17H2. The molecule has 0 unspecified atom stereocenters. The quantitative estimate of drug-likeness (QED) is 0.746. The Morgan fingerprint density at radius 3 is 2.71 bits per heavy atom. The van der Waals surface area contributed by atoms with Crippen LogP contribution in [0.2, 0.25) is 5.02 Å². The Hall–Kier alpha value is -2.53. The second-order valence-electron chi connectivity index (χ2n) is 4.39. The van der Waals surface area contributed by atoms with Crippen molar-refractivity contribution in [3.05, 3.63) is 59.4 Å². The van der Waals surface area contributed by atoms with E-state index >= 15 is 0 Å². The van der Waals surface area contributed by atoms with Crippen molar-refractivity contribution in [1.29, 1.82) is 0 Å². The molecule has 1 aromatic heterocycles. The molecule has 0 fully saturated rings. The minimum absolute atomic E-state index is 0.226. The monoisotopic (exact) mass is 301 g/mol. The highest BCUT2D eigenvalue weighted by Gasteiger charge is 2.10. The number of anilines is 1. The zero-order chi connectivity index (χ0) is 14.7. The van der Waals surface area contributed by atoms with Crippen molar-refractivity contribution in [3.8, 4) is 17.2 Å². The zero-order valence-electron chi connectivity index (χ0n) is 11.0. The van der Waals surface area contributed by atoms with Gasteiger partial charge in [0, 0.05) is 16.3 Å². The van der Waals surface area contributed by atoms with E-state index in [0.717, 1.165) is 5.75 Å². The summed E-state index contributed by atoms with van der Waals surface area (Å²) >= 11 is 5.95. The third-order valence-electron chi connectivity index (χ3n) is 2.75. The van der Waals surface area contributed by atoms with E-state index in [0.29, 0.717) is 28.0 Å². The molecule has 0 saturated heterocycles. The molecule has 3 rings (SSSR count). The van der Waals surface area contributed by atoms with Crippen LogP contribution in [0.1, 0.15) is 5.82 Å². The number of nitrogen functional groups attached to an aromatic ring is 1. The predicted octanol–water partition coefficient (Wildman–Crippen LogP) is 3.55. The molecular formula is C15H12ClN3O2. The Bertz CT molecular complexity index is 723. The molecule has 6 heteroatoms. The first-order valence-corrected chi connectivity index (χ1v) is 6.65. The van der Waals surface area contributed by atoms with Gasteiger partial charge in [0.15, 0.2) is 6.61 Å². The molecule has 5 nitrogen and oxygen atoms in total. The molecule has 2 aromatic carbocycles. The van der Waals surface area contributed by atoms with Crippen molar-refractivity contribution < 1.29 is 9.26 Å². The first-order valence-electron chi connectivity index (χ1n) is 6.27. The van der Waals surface area contributed by atoms with Gasteiger partial charge in [-0.05, 0) is 30.3 Å². The number of nitrogens with zero attached hydrogens (tertiary/aromatic N) is 2. The molecule has 0 atom stereocenters. The summed E-state index contributed by atoms with van der Waals surface area (Å²) < 4.78 is 10.7. The van der Waals surface area contributed by atoms with Gasteiger partial charge in [-0.25, -0.2) is 0 Å². The van der Waals surface area contributed by atoms with Crippen LogP contribution in [0, 0.1) is 0 Å². The second kappa shape index (κ2) is 5.85. The summed E-state index contributed by atoms with van der Waals surface area (Å²) in [7, 11) is 0. The number of halogens is 1. The molecule has 0 aliphatic carbocycles. The largest absolute Gasteiger partial charge is 0.485 e. The molecule has 0 radical (unpaired) electrons. The molecule has 106 valence electrons. The minimum atomic E-state index is 0.226. The van der Waals surface area contributed by atoms with Crippen LogP contribution in [-0.4, -0.2) is 10.1 Å². The van der Waals surface area contributed by atoms with Crippen LogP contribution in [0.25, 0.3) is 11.5 Å². The van der Waals surface area contributed by atoms with Crippen molar-refractivity contribution in [1.82, 2.24) is 10.1 Å². The van der Waals surface area contributed by atoms with Crippen LogP contribution in [0.5, 0.6) is 5.75 Å². The maximum atomic E-state index is 5.95. The fourth-order valence-electron chi connectivity index (χ4n) is 1.83. The molecule has 3 aromatic rings. The topological polar surface area (TPSA) is 74.2 Å². The third-order valence-corrected chi connectivity index (χ3v) is 2.96. The lowest BCUT2D eigenvalue weighted by Crippen LogP contribution is -1.97. The lowest BCUT2D eigenvalue weighted by Gasteiger charge is -2.01. The Kier molecular flexibility index (Phi) is 3.75. The van der Waals surface area contributed by atoms with Gasteiger partial charge in [0.1, 0.15) is 5.75 Å². The van der Waals surface area contributed by atoms with Crippen molar-refractivity contribution in [3.63, 3.8) is 0 Å². The van der Waals surface area contributed by atoms with Crippen molar-refractivity contribution >= 4 is 17.3 Å². The van der Waals surface area contributed by atoms with Gasteiger partial charge in [-0.2, -0.15) is 4.98 Å². The van der Waals surface area contributed by atoms with E-state index in [1.54, 1.807) is 18.2 Å². The molecule has 0 aliphatic rings. The van der Waals surface area contributed by atoms with Crippen molar-refractivity contribution in [2.75, 3.05) is 5.73 Å². The average molecular weight is 302 g/mol. The summed E-state index contributed by atoms with van der Waals surface area (Å²) in [5.74, 6) is 1.55. The van der Waals surface area contributed by atoms with Crippen LogP contribution in [0.3, 0.4) is 0 Å².